The zero-order valence-corrected chi connectivity index (χ0v) is 8.05. The summed E-state index contributed by atoms with van der Waals surface area (Å²) in [4.78, 5) is 1.95. The molecular weight excluding hydrogens is 184 g/mol. The van der Waals surface area contributed by atoms with Crippen LogP contribution in [0, 0.1) is 6.92 Å². The fourth-order valence-corrected chi connectivity index (χ4v) is 1.70. The minimum atomic E-state index is -0.636. The van der Waals surface area contributed by atoms with E-state index in [1.165, 1.54) is 0 Å². The van der Waals surface area contributed by atoms with Crippen LogP contribution in [0.1, 0.15) is 11.5 Å². The summed E-state index contributed by atoms with van der Waals surface area (Å²) in [6.45, 7) is 3.44. The Bertz CT molecular complexity index is 303. The largest absolute Gasteiger partial charge is 0.389 e. The third-order valence-corrected chi connectivity index (χ3v) is 2.40. The molecule has 0 radical (unpaired) electrons. The van der Waals surface area contributed by atoms with Crippen molar-refractivity contribution >= 4 is 0 Å². The molecule has 0 bridgehead atoms. The van der Waals surface area contributed by atoms with Crippen LogP contribution < -0.4 is 0 Å². The lowest BCUT2D eigenvalue weighted by molar-refractivity contribution is 0.0572. The maximum atomic E-state index is 9.32. The van der Waals surface area contributed by atoms with Gasteiger partial charge in [-0.1, -0.05) is 5.16 Å². The number of aliphatic hydroxyl groups excluding tert-OH is 2. The fourth-order valence-electron chi connectivity index (χ4n) is 1.70. The molecule has 2 rings (SSSR count). The first kappa shape index (κ1) is 9.64. The highest BCUT2D eigenvalue weighted by Crippen LogP contribution is 2.13. The van der Waals surface area contributed by atoms with E-state index < -0.39 is 12.2 Å². The standard InChI is InChI=1S/C9H14N2O3/c1-6-2-7(10-14-6)3-11-4-8(12)9(13)5-11/h2,8-9,12-13H,3-5H2,1H3/t8-,9+. The van der Waals surface area contributed by atoms with E-state index in [1.807, 2.05) is 17.9 Å². The maximum absolute atomic E-state index is 9.32. The Morgan fingerprint density at radius 3 is 2.64 bits per heavy atom. The maximum Gasteiger partial charge on any atom is 0.133 e. The van der Waals surface area contributed by atoms with Crippen molar-refractivity contribution in [3.05, 3.63) is 17.5 Å². The molecule has 1 aromatic rings. The molecule has 0 spiro atoms. The Labute approximate surface area is 81.9 Å². The second kappa shape index (κ2) is 3.68. The SMILES string of the molecule is Cc1cc(CN2C[C@@H](O)[C@@H](O)C2)no1. The number of aliphatic hydroxyl groups is 2. The molecule has 0 saturated carbocycles. The third-order valence-electron chi connectivity index (χ3n) is 2.40. The summed E-state index contributed by atoms with van der Waals surface area (Å²) >= 11 is 0. The highest BCUT2D eigenvalue weighted by Gasteiger charge is 2.29. The summed E-state index contributed by atoms with van der Waals surface area (Å²) in [6, 6.07) is 1.86. The lowest BCUT2D eigenvalue weighted by atomic mass is 10.3. The highest BCUT2D eigenvalue weighted by molar-refractivity contribution is 5.04. The van der Waals surface area contributed by atoms with Gasteiger partial charge in [-0.05, 0) is 6.92 Å². The Hall–Kier alpha value is -0.910. The molecule has 78 valence electrons. The topological polar surface area (TPSA) is 69.7 Å². The Morgan fingerprint density at radius 2 is 2.14 bits per heavy atom. The first-order chi connectivity index (χ1) is 6.65. The third kappa shape index (κ3) is 1.95. The van der Waals surface area contributed by atoms with E-state index in [2.05, 4.69) is 5.16 Å². The minimum absolute atomic E-state index is 0.493. The van der Waals surface area contributed by atoms with Crippen LogP contribution in [0.15, 0.2) is 10.6 Å². The van der Waals surface area contributed by atoms with Crippen LogP contribution in [0.5, 0.6) is 0 Å². The second-order valence-electron chi connectivity index (χ2n) is 3.76. The first-order valence-corrected chi connectivity index (χ1v) is 4.66. The molecular formula is C9H14N2O3. The fraction of sp³-hybridized carbons (Fsp3) is 0.667. The molecule has 0 aliphatic carbocycles. The van der Waals surface area contributed by atoms with Gasteiger partial charge in [-0.2, -0.15) is 0 Å². The lowest BCUT2D eigenvalue weighted by Crippen LogP contribution is -2.22. The summed E-state index contributed by atoms with van der Waals surface area (Å²) in [5.41, 5.74) is 0.837. The van der Waals surface area contributed by atoms with E-state index in [0.29, 0.717) is 19.6 Å². The molecule has 5 nitrogen and oxygen atoms in total. The predicted octanol–water partition coefficient (Wildman–Crippen LogP) is -0.480. The summed E-state index contributed by atoms with van der Waals surface area (Å²) < 4.78 is 4.93. The number of likely N-dealkylation sites (tertiary alicyclic amines) is 1. The number of hydrogen-bond acceptors (Lipinski definition) is 5. The number of rotatable bonds is 2. The normalized spacial score (nSPS) is 28.5. The molecule has 2 heterocycles. The number of nitrogens with zero attached hydrogens (tertiary/aromatic N) is 2. The van der Waals surface area contributed by atoms with Crippen molar-refractivity contribution in [1.29, 1.82) is 0 Å². The summed E-state index contributed by atoms with van der Waals surface area (Å²) in [5, 5.41) is 22.5. The molecule has 2 N–H and O–H groups in total. The van der Waals surface area contributed by atoms with E-state index in [0.717, 1.165) is 11.5 Å². The molecule has 1 aliphatic rings. The van der Waals surface area contributed by atoms with Crippen molar-refractivity contribution in [1.82, 2.24) is 10.1 Å². The van der Waals surface area contributed by atoms with Gasteiger partial charge in [0.2, 0.25) is 0 Å². The van der Waals surface area contributed by atoms with Gasteiger partial charge in [-0.25, -0.2) is 0 Å². The zero-order valence-electron chi connectivity index (χ0n) is 8.05. The van der Waals surface area contributed by atoms with Crippen LogP contribution in [0.25, 0.3) is 0 Å². The minimum Gasteiger partial charge on any atom is -0.389 e. The van der Waals surface area contributed by atoms with E-state index in [4.69, 9.17) is 4.52 Å². The van der Waals surface area contributed by atoms with Gasteiger partial charge in [0.05, 0.1) is 17.9 Å². The average molecular weight is 198 g/mol. The molecule has 5 heteroatoms. The zero-order chi connectivity index (χ0) is 10.1. The van der Waals surface area contributed by atoms with Gasteiger partial charge in [0, 0.05) is 25.7 Å². The van der Waals surface area contributed by atoms with Gasteiger partial charge in [0.1, 0.15) is 5.76 Å². The Balaban J connectivity index is 1.93. The van der Waals surface area contributed by atoms with E-state index >= 15 is 0 Å². The molecule has 14 heavy (non-hydrogen) atoms. The molecule has 1 aromatic heterocycles. The number of β-amino-alcohol motifs (C(OH)–C–C–N with tert-alkyl or cyclic N) is 2. The van der Waals surface area contributed by atoms with E-state index in [1.54, 1.807) is 0 Å². The quantitative estimate of drug-likeness (QED) is 0.671. The van der Waals surface area contributed by atoms with E-state index in [-0.39, 0.29) is 0 Å². The predicted molar refractivity (Wildman–Crippen MR) is 48.5 cm³/mol. The Morgan fingerprint density at radius 1 is 1.50 bits per heavy atom. The molecule has 0 amide bonds. The molecule has 1 fully saturated rings. The van der Waals surface area contributed by atoms with Crippen LogP contribution in [-0.4, -0.2) is 45.6 Å². The monoisotopic (exact) mass is 198 g/mol. The van der Waals surface area contributed by atoms with Gasteiger partial charge < -0.3 is 14.7 Å². The van der Waals surface area contributed by atoms with E-state index in [9.17, 15) is 10.2 Å². The van der Waals surface area contributed by atoms with Gasteiger partial charge in [0.25, 0.3) is 0 Å². The first-order valence-electron chi connectivity index (χ1n) is 4.66. The molecule has 0 aromatic carbocycles. The summed E-state index contributed by atoms with van der Waals surface area (Å²) in [5.74, 6) is 0.778. The molecule has 1 saturated heterocycles. The van der Waals surface area contributed by atoms with Crippen molar-refractivity contribution in [2.45, 2.75) is 25.7 Å². The Kier molecular flexibility index (Phi) is 2.54. The molecule has 1 aliphatic heterocycles. The smallest absolute Gasteiger partial charge is 0.133 e. The number of aromatic nitrogens is 1. The number of aryl methyl sites for hydroxylation is 1. The second-order valence-corrected chi connectivity index (χ2v) is 3.76. The van der Waals surface area contributed by atoms with Crippen molar-refractivity contribution in [3.8, 4) is 0 Å². The van der Waals surface area contributed by atoms with Gasteiger partial charge in [0.15, 0.2) is 0 Å². The highest BCUT2D eigenvalue weighted by atomic mass is 16.5. The molecule has 2 atom stereocenters. The van der Waals surface area contributed by atoms with Crippen LogP contribution in [0.3, 0.4) is 0 Å². The van der Waals surface area contributed by atoms with Crippen molar-refractivity contribution in [2.24, 2.45) is 0 Å². The number of hydrogen-bond donors (Lipinski definition) is 2. The van der Waals surface area contributed by atoms with Gasteiger partial charge >= 0.3 is 0 Å². The van der Waals surface area contributed by atoms with Crippen LogP contribution in [0.4, 0.5) is 0 Å². The lowest BCUT2D eigenvalue weighted by Gasteiger charge is -2.11. The van der Waals surface area contributed by atoms with Crippen LogP contribution >= 0.6 is 0 Å². The van der Waals surface area contributed by atoms with Crippen molar-refractivity contribution in [3.63, 3.8) is 0 Å². The molecule has 0 unspecified atom stereocenters. The van der Waals surface area contributed by atoms with Crippen LogP contribution in [0.2, 0.25) is 0 Å². The van der Waals surface area contributed by atoms with Crippen LogP contribution in [-0.2, 0) is 6.54 Å². The van der Waals surface area contributed by atoms with Crippen molar-refractivity contribution < 1.29 is 14.7 Å². The summed E-state index contributed by atoms with van der Waals surface area (Å²) in [7, 11) is 0. The summed E-state index contributed by atoms with van der Waals surface area (Å²) in [6.07, 6.45) is -1.27. The van der Waals surface area contributed by atoms with Gasteiger partial charge in [-0.3, -0.25) is 4.90 Å². The van der Waals surface area contributed by atoms with Gasteiger partial charge in [-0.15, -0.1) is 0 Å². The average Bonchev–Trinajstić information content (AvgIpc) is 2.62. The van der Waals surface area contributed by atoms with Crippen molar-refractivity contribution in [2.75, 3.05) is 13.1 Å².